The maximum Gasteiger partial charge on any atom is 0.220 e. The summed E-state index contributed by atoms with van der Waals surface area (Å²) in [6.07, 6.45) is 1.26. The molecule has 0 saturated carbocycles. The summed E-state index contributed by atoms with van der Waals surface area (Å²) in [5.74, 6) is -0.467. The Bertz CT molecular complexity index is 412. The summed E-state index contributed by atoms with van der Waals surface area (Å²) in [4.78, 5) is 11.6. The standard InChI is InChI=1S/C13H18ClFN2O/c1-9(17-13(18)4-3-7-16-2)10-5-6-12(15)11(14)8-10/h5-6,8-9,16H,3-4,7H2,1-2H3,(H,17,18). The monoisotopic (exact) mass is 272 g/mol. The van der Waals surface area contributed by atoms with E-state index in [2.05, 4.69) is 10.6 Å². The van der Waals surface area contributed by atoms with Gasteiger partial charge in [-0.25, -0.2) is 4.39 Å². The smallest absolute Gasteiger partial charge is 0.220 e. The second-order valence-corrected chi connectivity index (χ2v) is 4.58. The van der Waals surface area contributed by atoms with Gasteiger partial charge >= 0.3 is 0 Å². The maximum atomic E-state index is 13.0. The number of amides is 1. The molecule has 1 rings (SSSR count). The molecule has 0 aliphatic rings. The molecule has 0 fully saturated rings. The number of rotatable bonds is 6. The number of nitrogens with one attached hydrogen (secondary N) is 2. The van der Waals surface area contributed by atoms with E-state index in [4.69, 9.17) is 11.6 Å². The van der Waals surface area contributed by atoms with Crippen LogP contribution in [0.1, 0.15) is 31.4 Å². The zero-order valence-electron chi connectivity index (χ0n) is 10.6. The van der Waals surface area contributed by atoms with Gasteiger partial charge in [-0.05, 0) is 44.6 Å². The molecule has 2 N–H and O–H groups in total. The molecule has 0 aromatic heterocycles. The Labute approximate surface area is 112 Å². The molecule has 1 atom stereocenters. The zero-order valence-corrected chi connectivity index (χ0v) is 11.4. The molecule has 100 valence electrons. The van der Waals surface area contributed by atoms with Gasteiger partial charge in [-0.15, -0.1) is 0 Å². The van der Waals surface area contributed by atoms with Crippen LogP contribution >= 0.6 is 11.6 Å². The van der Waals surface area contributed by atoms with Gasteiger partial charge in [0.25, 0.3) is 0 Å². The van der Waals surface area contributed by atoms with Gasteiger partial charge in [0.2, 0.25) is 5.91 Å². The number of benzene rings is 1. The van der Waals surface area contributed by atoms with Gasteiger partial charge in [0.05, 0.1) is 11.1 Å². The van der Waals surface area contributed by atoms with Crippen LogP contribution in [0.3, 0.4) is 0 Å². The van der Waals surface area contributed by atoms with E-state index >= 15 is 0 Å². The zero-order chi connectivity index (χ0) is 13.5. The van der Waals surface area contributed by atoms with Crippen LogP contribution in [0.4, 0.5) is 4.39 Å². The first kappa shape index (κ1) is 14.9. The van der Waals surface area contributed by atoms with Crippen molar-refractivity contribution in [2.75, 3.05) is 13.6 Å². The van der Waals surface area contributed by atoms with Crippen molar-refractivity contribution < 1.29 is 9.18 Å². The van der Waals surface area contributed by atoms with Crippen LogP contribution in [0.5, 0.6) is 0 Å². The number of carbonyl (C=O) groups excluding carboxylic acids is 1. The molecule has 0 radical (unpaired) electrons. The van der Waals surface area contributed by atoms with Gasteiger partial charge < -0.3 is 10.6 Å². The average Bonchev–Trinajstić information content (AvgIpc) is 2.33. The molecule has 0 heterocycles. The second kappa shape index (κ2) is 7.34. The first-order valence-corrected chi connectivity index (χ1v) is 6.31. The Morgan fingerprint density at radius 1 is 1.50 bits per heavy atom. The van der Waals surface area contributed by atoms with Crippen molar-refractivity contribution >= 4 is 17.5 Å². The summed E-state index contributed by atoms with van der Waals surface area (Å²) in [6.45, 7) is 2.66. The minimum absolute atomic E-state index is 0.0156. The molecule has 0 saturated heterocycles. The third-order valence-electron chi connectivity index (χ3n) is 2.65. The van der Waals surface area contributed by atoms with E-state index in [-0.39, 0.29) is 17.0 Å². The summed E-state index contributed by atoms with van der Waals surface area (Å²) in [7, 11) is 1.85. The van der Waals surface area contributed by atoms with E-state index in [0.717, 1.165) is 18.5 Å². The van der Waals surface area contributed by atoms with E-state index in [9.17, 15) is 9.18 Å². The van der Waals surface area contributed by atoms with Crippen LogP contribution in [-0.2, 0) is 4.79 Å². The summed E-state index contributed by atoms with van der Waals surface area (Å²) >= 11 is 5.70. The molecular formula is C13H18ClFN2O. The van der Waals surface area contributed by atoms with Crippen LogP contribution < -0.4 is 10.6 Å². The van der Waals surface area contributed by atoms with E-state index < -0.39 is 5.82 Å². The van der Waals surface area contributed by atoms with E-state index in [1.165, 1.54) is 12.1 Å². The van der Waals surface area contributed by atoms with Crippen molar-refractivity contribution in [2.24, 2.45) is 0 Å². The summed E-state index contributed by atoms with van der Waals surface area (Å²) in [5, 5.41) is 5.91. The normalized spacial score (nSPS) is 12.2. The molecule has 0 aliphatic heterocycles. The summed E-state index contributed by atoms with van der Waals surface area (Å²) < 4.78 is 13.0. The molecule has 0 spiro atoms. The van der Waals surface area contributed by atoms with E-state index in [0.29, 0.717) is 6.42 Å². The van der Waals surface area contributed by atoms with Crippen LogP contribution in [-0.4, -0.2) is 19.5 Å². The lowest BCUT2D eigenvalue weighted by atomic mass is 10.1. The number of hydrogen-bond acceptors (Lipinski definition) is 2. The highest BCUT2D eigenvalue weighted by Crippen LogP contribution is 2.20. The van der Waals surface area contributed by atoms with Gasteiger partial charge in [-0.2, -0.15) is 0 Å². The maximum absolute atomic E-state index is 13.0. The molecule has 1 aromatic carbocycles. The van der Waals surface area contributed by atoms with Gasteiger partial charge in [-0.3, -0.25) is 4.79 Å². The largest absolute Gasteiger partial charge is 0.350 e. The molecule has 0 aliphatic carbocycles. The highest BCUT2D eigenvalue weighted by Gasteiger charge is 2.11. The molecular weight excluding hydrogens is 255 g/mol. The molecule has 1 unspecified atom stereocenters. The lowest BCUT2D eigenvalue weighted by molar-refractivity contribution is -0.121. The van der Waals surface area contributed by atoms with Gasteiger partial charge in [0.1, 0.15) is 5.82 Å². The fourth-order valence-electron chi connectivity index (χ4n) is 1.60. The first-order valence-electron chi connectivity index (χ1n) is 5.93. The van der Waals surface area contributed by atoms with Crippen molar-refractivity contribution in [3.63, 3.8) is 0 Å². The van der Waals surface area contributed by atoms with Crippen LogP contribution in [0.15, 0.2) is 18.2 Å². The fraction of sp³-hybridized carbons (Fsp3) is 0.462. The highest BCUT2D eigenvalue weighted by atomic mass is 35.5. The van der Waals surface area contributed by atoms with Crippen LogP contribution in [0.2, 0.25) is 5.02 Å². The quantitative estimate of drug-likeness (QED) is 0.782. The van der Waals surface area contributed by atoms with Crippen molar-refractivity contribution in [2.45, 2.75) is 25.8 Å². The Morgan fingerprint density at radius 3 is 2.83 bits per heavy atom. The third kappa shape index (κ3) is 4.63. The van der Waals surface area contributed by atoms with E-state index in [1.807, 2.05) is 14.0 Å². The number of carbonyl (C=O) groups is 1. The predicted octanol–water partition coefficient (Wildman–Crippen LogP) is 2.66. The molecule has 0 bridgehead atoms. The highest BCUT2D eigenvalue weighted by molar-refractivity contribution is 6.30. The predicted molar refractivity (Wildman–Crippen MR) is 71.1 cm³/mol. The number of hydrogen-bond donors (Lipinski definition) is 2. The van der Waals surface area contributed by atoms with Crippen molar-refractivity contribution in [1.82, 2.24) is 10.6 Å². The molecule has 1 amide bonds. The van der Waals surface area contributed by atoms with Crippen molar-refractivity contribution in [3.05, 3.63) is 34.6 Å². The Kier molecular flexibility index (Phi) is 6.09. The Morgan fingerprint density at radius 2 is 2.22 bits per heavy atom. The van der Waals surface area contributed by atoms with Gasteiger partial charge in [0.15, 0.2) is 0 Å². The fourth-order valence-corrected chi connectivity index (χ4v) is 1.79. The lowest BCUT2D eigenvalue weighted by Gasteiger charge is -2.14. The molecule has 3 nitrogen and oxygen atoms in total. The van der Waals surface area contributed by atoms with Crippen molar-refractivity contribution in [3.8, 4) is 0 Å². The summed E-state index contributed by atoms with van der Waals surface area (Å²) in [6, 6.07) is 4.29. The topological polar surface area (TPSA) is 41.1 Å². The Hall–Kier alpha value is -1.13. The SMILES string of the molecule is CNCCCC(=O)NC(C)c1ccc(F)c(Cl)c1. The lowest BCUT2D eigenvalue weighted by Crippen LogP contribution is -2.27. The first-order chi connectivity index (χ1) is 8.54. The van der Waals surface area contributed by atoms with E-state index in [1.54, 1.807) is 6.07 Å². The molecule has 1 aromatic rings. The van der Waals surface area contributed by atoms with Gasteiger partial charge in [-0.1, -0.05) is 17.7 Å². The average molecular weight is 273 g/mol. The van der Waals surface area contributed by atoms with Crippen molar-refractivity contribution in [1.29, 1.82) is 0 Å². The third-order valence-corrected chi connectivity index (χ3v) is 2.94. The van der Waals surface area contributed by atoms with Gasteiger partial charge in [0, 0.05) is 6.42 Å². The van der Waals surface area contributed by atoms with Crippen LogP contribution in [0.25, 0.3) is 0 Å². The molecule has 18 heavy (non-hydrogen) atoms. The minimum Gasteiger partial charge on any atom is -0.350 e. The van der Waals surface area contributed by atoms with Crippen LogP contribution in [0, 0.1) is 5.82 Å². The molecule has 5 heteroatoms. The Balaban J connectivity index is 2.51. The summed E-state index contributed by atoms with van der Waals surface area (Å²) in [5.41, 5.74) is 0.795. The minimum atomic E-state index is -0.451. The number of halogens is 2. The second-order valence-electron chi connectivity index (χ2n) is 4.17.